The van der Waals surface area contributed by atoms with Crippen molar-refractivity contribution >= 4 is 12.2 Å². The molecule has 4 heteroatoms. The topological polar surface area (TPSA) is 81.8 Å². The Hall–Kier alpha value is -1.24. The van der Waals surface area contributed by atoms with Crippen molar-refractivity contribution < 1.29 is 9.59 Å². The van der Waals surface area contributed by atoms with Gasteiger partial charge in [-0.3, -0.25) is 0 Å². The van der Waals surface area contributed by atoms with Gasteiger partial charge in [-0.1, -0.05) is 128 Å². The molecule has 0 bridgehead atoms. The maximum atomic E-state index is 8.35. The van der Waals surface area contributed by atoms with E-state index in [1.807, 2.05) is 0 Å². The van der Waals surface area contributed by atoms with E-state index in [4.69, 9.17) is 20.4 Å². The standard InChI is InChI=1S/2C10H20.2CHNO/c2*1-2-4-6-8-10-9-7-5-3-1;2*2-1-3/h2*1-10H2;2*2H. The third-order valence-corrected chi connectivity index (χ3v) is 5.00. The molecule has 0 aromatic rings. The first-order chi connectivity index (χ1) is 12.8. The molecular formula is C22H42N2O2. The molecule has 2 N–H and O–H groups in total. The monoisotopic (exact) mass is 366 g/mol. The first-order valence-corrected chi connectivity index (χ1v) is 10.9. The number of isocyanates is 2. The Morgan fingerprint density at radius 1 is 0.308 bits per heavy atom. The van der Waals surface area contributed by atoms with Gasteiger partial charge in [0.15, 0.2) is 0 Å². The number of rotatable bonds is 0. The van der Waals surface area contributed by atoms with E-state index in [-0.39, 0.29) is 0 Å². The number of hydrogen-bond acceptors (Lipinski definition) is 4. The van der Waals surface area contributed by atoms with E-state index in [1.165, 1.54) is 128 Å². The van der Waals surface area contributed by atoms with Crippen LogP contribution in [0.5, 0.6) is 0 Å². The van der Waals surface area contributed by atoms with Gasteiger partial charge in [-0.25, -0.2) is 20.4 Å². The van der Waals surface area contributed by atoms with Gasteiger partial charge < -0.3 is 0 Å². The van der Waals surface area contributed by atoms with E-state index >= 15 is 0 Å². The second kappa shape index (κ2) is 28.6. The van der Waals surface area contributed by atoms with E-state index in [0.29, 0.717) is 0 Å². The molecular weight excluding hydrogens is 324 g/mol. The van der Waals surface area contributed by atoms with E-state index in [0.717, 1.165) is 12.2 Å². The summed E-state index contributed by atoms with van der Waals surface area (Å²) in [4.78, 5) is 16.7. The zero-order valence-corrected chi connectivity index (χ0v) is 17.0. The molecule has 2 aliphatic rings. The Bertz CT molecular complexity index is 222. The van der Waals surface area contributed by atoms with Gasteiger partial charge in [-0.05, 0) is 0 Å². The molecule has 0 radical (unpaired) electrons. The number of nitrogens with one attached hydrogen (secondary N) is 2. The lowest BCUT2D eigenvalue weighted by Gasteiger charge is -2.05. The van der Waals surface area contributed by atoms with Crippen molar-refractivity contribution in [2.24, 2.45) is 0 Å². The van der Waals surface area contributed by atoms with Crippen LogP contribution in [-0.2, 0) is 9.59 Å². The van der Waals surface area contributed by atoms with Gasteiger partial charge >= 0.3 is 0 Å². The van der Waals surface area contributed by atoms with Gasteiger partial charge in [0.25, 0.3) is 0 Å². The molecule has 0 atom stereocenters. The quantitative estimate of drug-likeness (QED) is 0.341. The van der Waals surface area contributed by atoms with Crippen LogP contribution >= 0.6 is 0 Å². The van der Waals surface area contributed by atoms with Crippen LogP contribution in [0.3, 0.4) is 0 Å². The molecule has 0 heterocycles. The zero-order valence-electron chi connectivity index (χ0n) is 17.0. The van der Waals surface area contributed by atoms with E-state index in [1.54, 1.807) is 0 Å². The summed E-state index contributed by atoms with van der Waals surface area (Å²) in [6, 6.07) is 0. The van der Waals surface area contributed by atoms with Crippen molar-refractivity contribution in [3.8, 4) is 0 Å². The minimum Gasteiger partial charge on any atom is -0.222 e. The minimum atomic E-state index is 0.750. The lowest BCUT2D eigenvalue weighted by Crippen LogP contribution is -1.85. The average molecular weight is 367 g/mol. The van der Waals surface area contributed by atoms with Crippen LogP contribution in [0.4, 0.5) is 0 Å². The van der Waals surface area contributed by atoms with Gasteiger partial charge in [-0.2, -0.15) is 0 Å². The molecule has 152 valence electrons. The maximum Gasteiger partial charge on any atom is 0.231 e. The molecule has 2 saturated carbocycles. The van der Waals surface area contributed by atoms with Gasteiger partial charge in [0.1, 0.15) is 0 Å². The van der Waals surface area contributed by atoms with Crippen LogP contribution in [-0.4, -0.2) is 12.2 Å². The van der Waals surface area contributed by atoms with Crippen molar-refractivity contribution in [2.75, 3.05) is 0 Å². The van der Waals surface area contributed by atoms with Crippen molar-refractivity contribution in [1.29, 1.82) is 10.8 Å². The molecule has 2 fully saturated rings. The Kier molecular flexibility index (Phi) is 29.6. The van der Waals surface area contributed by atoms with E-state index < -0.39 is 0 Å². The predicted molar refractivity (Wildman–Crippen MR) is 109 cm³/mol. The summed E-state index contributed by atoms with van der Waals surface area (Å²) in [6.07, 6.45) is 31.5. The third kappa shape index (κ3) is 30.6. The van der Waals surface area contributed by atoms with Crippen molar-refractivity contribution in [2.45, 2.75) is 128 Å². The minimum absolute atomic E-state index is 0.750. The molecule has 0 saturated heterocycles. The highest BCUT2D eigenvalue weighted by Gasteiger charge is 1.96. The van der Waals surface area contributed by atoms with Crippen LogP contribution in [0.1, 0.15) is 128 Å². The number of hydrogen-bond donors (Lipinski definition) is 2. The second-order valence-corrected chi connectivity index (χ2v) is 7.28. The SMILES string of the molecule is C1CCCCCCCCC1.C1CCCCCCCCC1.N=C=O.N=C=O. The molecule has 0 aliphatic heterocycles. The second-order valence-electron chi connectivity index (χ2n) is 7.28. The fourth-order valence-electron chi connectivity index (χ4n) is 3.54. The highest BCUT2D eigenvalue weighted by molar-refractivity contribution is 5.26. The average Bonchev–Trinajstić information content (AvgIpc) is 2.67. The van der Waals surface area contributed by atoms with E-state index in [9.17, 15) is 0 Å². The van der Waals surface area contributed by atoms with Crippen molar-refractivity contribution in [3.63, 3.8) is 0 Å². The summed E-state index contributed by atoms with van der Waals surface area (Å²) >= 11 is 0. The fourth-order valence-corrected chi connectivity index (χ4v) is 3.54. The normalized spacial score (nSPS) is 19.1. The predicted octanol–water partition coefficient (Wildman–Crippen LogP) is 7.60. The summed E-state index contributed by atoms with van der Waals surface area (Å²) in [6.45, 7) is 0. The Balaban J connectivity index is 0. The molecule has 0 spiro atoms. The first-order valence-electron chi connectivity index (χ1n) is 10.9. The van der Waals surface area contributed by atoms with Gasteiger partial charge in [0.05, 0.1) is 0 Å². The zero-order chi connectivity index (χ0) is 19.6. The van der Waals surface area contributed by atoms with Crippen LogP contribution in [0, 0.1) is 10.8 Å². The largest absolute Gasteiger partial charge is 0.231 e. The lowest BCUT2D eigenvalue weighted by molar-refractivity contribution is 0.504. The summed E-state index contributed by atoms with van der Waals surface area (Å²) in [5, 5.41) is 10.8. The summed E-state index contributed by atoms with van der Waals surface area (Å²) in [7, 11) is 0. The van der Waals surface area contributed by atoms with Crippen molar-refractivity contribution in [3.05, 3.63) is 0 Å². The number of carbonyl (C=O) groups excluding carboxylic acids is 2. The first kappa shape index (κ1) is 27.0. The molecule has 4 nitrogen and oxygen atoms in total. The molecule has 0 unspecified atom stereocenters. The van der Waals surface area contributed by atoms with Crippen LogP contribution in [0.15, 0.2) is 0 Å². The fraction of sp³-hybridized carbons (Fsp3) is 0.909. The van der Waals surface area contributed by atoms with E-state index in [2.05, 4.69) is 0 Å². The smallest absolute Gasteiger partial charge is 0.222 e. The molecule has 2 aliphatic carbocycles. The molecule has 0 amide bonds. The van der Waals surface area contributed by atoms with Crippen LogP contribution in [0.25, 0.3) is 0 Å². The van der Waals surface area contributed by atoms with Gasteiger partial charge in [-0.15, -0.1) is 0 Å². The summed E-state index contributed by atoms with van der Waals surface area (Å²) in [5.41, 5.74) is 0. The molecule has 0 aromatic carbocycles. The summed E-state index contributed by atoms with van der Waals surface area (Å²) in [5.74, 6) is 0. The third-order valence-electron chi connectivity index (χ3n) is 5.00. The Labute approximate surface area is 161 Å². The highest BCUT2D eigenvalue weighted by Crippen LogP contribution is 2.16. The van der Waals surface area contributed by atoms with Crippen LogP contribution in [0.2, 0.25) is 0 Å². The van der Waals surface area contributed by atoms with Gasteiger partial charge in [0.2, 0.25) is 12.2 Å². The van der Waals surface area contributed by atoms with Crippen molar-refractivity contribution in [1.82, 2.24) is 0 Å². The Morgan fingerprint density at radius 2 is 0.346 bits per heavy atom. The molecule has 0 aromatic heterocycles. The molecule has 2 rings (SSSR count). The lowest BCUT2D eigenvalue weighted by atomic mass is 10.0. The van der Waals surface area contributed by atoms with Gasteiger partial charge in [0, 0.05) is 0 Å². The van der Waals surface area contributed by atoms with Crippen LogP contribution < -0.4 is 0 Å². The highest BCUT2D eigenvalue weighted by atomic mass is 16.1. The Morgan fingerprint density at radius 3 is 0.385 bits per heavy atom. The summed E-state index contributed by atoms with van der Waals surface area (Å²) < 4.78 is 0. The molecule has 26 heavy (non-hydrogen) atoms. The maximum absolute atomic E-state index is 8.35.